The lowest BCUT2D eigenvalue weighted by Crippen LogP contribution is -2.50. The number of β-amino-alcohol motifs (C(OH)–C–C–N with tert-alkyl or cyclic N) is 1. The zero-order chi connectivity index (χ0) is 21.8. The van der Waals surface area contributed by atoms with E-state index >= 15 is 0 Å². The maximum Gasteiger partial charge on any atom is 0.133 e. The lowest BCUT2D eigenvalue weighted by atomic mass is 9.93. The lowest BCUT2D eigenvalue weighted by Gasteiger charge is -2.33. The van der Waals surface area contributed by atoms with Gasteiger partial charge in [0.2, 0.25) is 0 Å². The summed E-state index contributed by atoms with van der Waals surface area (Å²) in [5.41, 5.74) is 2.21. The quantitative estimate of drug-likeness (QED) is 0.496. The van der Waals surface area contributed by atoms with Gasteiger partial charge >= 0.3 is 0 Å². The number of nitrogens with one attached hydrogen (secondary N) is 1. The number of benzene rings is 2. The molecular weight excluding hydrogens is 406 g/mol. The van der Waals surface area contributed by atoms with Crippen LogP contribution in [0.15, 0.2) is 60.8 Å². The number of aliphatic hydroxyl groups is 1. The van der Waals surface area contributed by atoms with E-state index < -0.39 is 6.10 Å². The van der Waals surface area contributed by atoms with Crippen molar-refractivity contribution in [3.8, 4) is 0 Å². The van der Waals surface area contributed by atoms with E-state index in [-0.39, 0.29) is 11.6 Å². The molecule has 0 unspecified atom stereocenters. The van der Waals surface area contributed by atoms with Crippen LogP contribution in [0.2, 0.25) is 5.15 Å². The zero-order valence-corrected chi connectivity index (χ0v) is 19.1. The molecule has 0 saturated carbocycles. The highest BCUT2D eigenvalue weighted by Crippen LogP contribution is 2.25. The highest BCUT2D eigenvalue weighted by Gasteiger charge is 2.32. The molecule has 2 atom stereocenters. The van der Waals surface area contributed by atoms with Crippen molar-refractivity contribution < 1.29 is 5.11 Å². The van der Waals surface area contributed by atoms with Crippen LogP contribution in [0.25, 0.3) is 10.8 Å². The topological polar surface area (TPSA) is 48.4 Å². The first kappa shape index (κ1) is 22.2. The Morgan fingerprint density at radius 2 is 1.97 bits per heavy atom. The second-order valence-electron chi connectivity index (χ2n) is 9.32. The van der Waals surface area contributed by atoms with Gasteiger partial charge in [-0.3, -0.25) is 4.90 Å². The van der Waals surface area contributed by atoms with E-state index in [1.807, 2.05) is 12.1 Å². The fraction of sp³-hybridized carbons (Fsp3) is 0.423. The van der Waals surface area contributed by atoms with Gasteiger partial charge in [-0.15, -0.1) is 0 Å². The van der Waals surface area contributed by atoms with Crippen molar-refractivity contribution in [2.45, 2.75) is 57.3 Å². The van der Waals surface area contributed by atoms with Crippen molar-refractivity contribution in [2.75, 3.05) is 13.1 Å². The number of hydrogen-bond donors (Lipinski definition) is 2. The molecule has 1 saturated heterocycles. The van der Waals surface area contributed by atoms with Crippen LogP contribution >= 0.6 is 11.6 Å². The summed E-state index contributed by atoms with van der Waals surface area (Å²) in [6.45, 7) is 6.69. The number of hydrogen-bond acceptors (Lipinski definition) is 4. The Kier molecular flexibility index (Phi) is 6.92. The number of likely N-dealkylation sites (tertiary alicyclic amines) is 1. The zero-order valence-electron chi connectivity index (χ0n) is 18.4. The number of rotatable bonds is 8. The third-order valence-electron chi connectivity index (χ3n) is 6.32. The average molecular weight is 438 g/mol. The Labute approximate surface area is 190 Å². The molecule has 0 bridgehead atoms. The minimum Gasteiger partial charge on any atom is -0.390 e. The second kappa shape index (κ2) is 9.66. The van der Waals surface area contributed by atoms with Gasteiger partial charge in [0.05, 0.1) is 6.10 Å². The van der Waals surface area contributed by atoms with Crippen molar-refractivity contribution in [1.29, 1.82) is 0 Å². The maximum absolute atomic E-state index is 11.0. The highest BCUT2D eigenvalue weighted by atomic mass is 35.5. The molecule has 0 aliphatic carbocycles. The highest BCUT2D eigenvalue weighted by molar-refractivity contribution is 6.30. The standard InChI is InChI=1S/C26H32ClN3O/c1-26(2,16-19-11-12-20-7-3-4-8-21(20)15-19)29-17-24(31)23-10-6-14-30(23)18-22-9-5-13-28-25(22)27/h3-5,7-9,11-13,15,23-24,29,31H,6,10,14,16-18H2,1-2H3/t23-,24-/m1/s1. The van der Waals surface area contributed by atoms with Gasteiger partial charge in [0, 0.05) is 36.4 Å². The summed E-state index contributed by atoms with van der Waals surface area (Å²) >= 11 is 6.25. The number of halogens is 1. The van der Waals surface area contributed by atoms with E-state index in [1.54, 1.807) is 6.20 Å². The van der Waals surface area contributed by atoms with E-state index in [9.17, 15) is 5.11 Å². The minimum absolute atomic E-state index is 0.112. The van der Waals surface area contributed by atoms with Gasteiger partial charge in [-0.2, -0.15) is 0 Å². The molecule has 2 N–H and O–H groups in total. The Morgan fingerprint density at radius 3 is 2.77 bits per heavy atom. The van der Waals surface area contributed by atoms with Crippen LogP contribution < -0.4 is 5.32 Å². The summed E-state index contributed by atoms with van der Waals surface area (Å²) in [7, 11) is 0. The number of fused-ring (bicyclic) bond motifs is 1. The van der Waals surface area contributed by atoms with Crippen LogP contribution in [0.3, 0.4) is 0 Å². The van der Waals surface area contributed by atoms with Crippen LogP contribution in [0.1, 0.15) is 37.8 Å². The maximum atomic E-state index is 11.0. The molecule has 1 aliphatic heterocycles. The number of pyridine rings is 1. The molecule has 0 spiro atoms. The van der Waals surface area contributed by atoms with Crippen LogP contribution in [0.4, 0.5) is 0 Å². The average Bonchev–Trinajstić information content (AvgIpc) is 3.22. The summed E-state index contributed by atoms with van der Waals surface area (Å²) in [4.78, 5) is 6.52. The number of nitrogens with zero attached hydrogens (tertiary/aromatic N) is 2. The minimum atomic E-state index is -0.422. The van der Waals surface area contributed by atoms with E-state index in [4.69, 9.17) is 11.6 Å². The van der Waals surface area contributed by atoms with Crippen molar-refractivity contribution in [2.24, 2.45) is 0 Å². The Bertz CT molecular complexity index is 1020. The summed E-state index contributed by atoms with van der Waals surface area (Å²) in [6, 6.07) is 19.2. The smallest absolute Gasteiger partial charge is 0.133 e. The summed E-state index contributed by atoms with van der Waals surface area (Å²) in [5, 5.41) is 17.7. The summed E-state index contributed by atoms with van der Waals surface area (Å²) < 4.78 is 0. The van der Waals surface area contributed by atoms with Crippen molar-refractivity contribution >= 4 is 22.4 Å². The first-order valence-corrected chi connectivity index (χ1v) is 11.5. The summed E-state index contributed by atoms with van der Waals surface area (Å²) in [6.07, 6.45) is 4.30. The molecule has 4 rings (SSSR count). The number of aliphatic hydroxyl groups excluding tert-OH is 1. The molecule has 2 heterocycles. The Hall–Kier alpha value is -1.98. The first-order valence-electron chi connectivity index (χ1n) is 11.2. The monoisotopic (exact) mass is 437 g/mol. The lowest BCUT2D eigenvalue weighted by molar-refractivity contribution is 0.0632. The van der Waals surface area contributed by atoms with Gasteiger partial charge < -0.3 is 10.4 Å². The van der Waals surface area contributed by atoms with E-state index in [2.05, 4.69) is 71.5 Å². The van der Waals surface area contributed by atoms with E-state index in [0.717, 1.165) is 37.9 Å². The van der Waals surface area contributed by atoms with Crippen LogP contribution in [-0.4, -0.2) is 45.8 Å². The normalized spacial score (nSPS) is 18.5. The molecule has 164 valence electrons. The first-order chi connectivity index (χ1) is 14.9. The molecule has 0 radical (unpaired) electrons. The van der Waals surface area contributed by atoms with Crippen LogP contribution in [0, 0.1) is 0 Å². The van der Waals surface area contributed by atoms with Gasteiger partial charge in [0.25, 0.3) is 0 Å². The van der Waals surface area contributed by atoms with Gasteiger partial charge in [0.1, 0.15) is 5.15 Å². The van der Waals surface area contributed by atoms with Gasteiger partial charge in [-0.25, -0.2) is 4.98 Å². The number of aromatic nitrogens is 1. The summed E-state index contributed by atoms with van der Waals surface area (Å²) in [5.74, 6) is 0. The molecule has 1 aromatic heterocycles. The third kappa shape index (κ3) is 5.64. The predicted octanol–water partition coefficient (Wildman–Crippen LogP) is 4.82. The molecule has 1 fully saturated rings. The van der Waals surface area contributed by atoms with Crippen LogP contribution in [0.5, 0.6) is 0 Å². The van der Waals surface area contributed by atoms with E-state index in [1.165, 1.54) is 16.3 Å². The molecule has 0 amide bonds. The molecule has 4 nitrogen and oxygen atoms in total. The fourth-order valence-electron chi connectivity index (χ4n) is 4.68. The fourth-order valence-corrected chi connectivity index (χ4v) is 4.86. The van der Waals surface area contributed by atoms with Gasteiger partial charge in [0.15, 0.2) is 0 Å². The molecular formula is C26H32ClN3O. The van der Waals surface area contributed by atoms with Crippen LogP contribution in [-0.2, 0) is 13.0 Å². The van der Waals surface area contributed by atoms with E-state index in [0.29, 0.717) is 11.7 Å². The Balaban J connectivity index is 1.35. The molecule has 5 heteroatoms. The molecule has 31 heavy (non-hydrogen) atoms. The largest absolute Gasteiger partial charge is 0.390 e. The predicted molar refractivity (Wildman–Crippen MR) is 128 cm³/mol. The SMILES string of the molecule is CC(C)(Cc1ccc2ccccc2c1)NC[C@@H](O)[C@H]1CCCN1Cc1cccnc1Cl. The Morgan fingerprint density at radius 1 is 1.16 bits per heavy atom. The molecule has 1 aliphatic rings. The van der Waals surface area contributed by atoms with Gasteiger partial charge in [-0.05, 0) is 62.1 Å². The molecule has 3 aromatic rings. The van der Waals surface area contributed by atoms with Crippen molar-refractivity contribution in [3.63, 3.8) is 0 Å². The van der Waals surface area contributed by atoms with Crippen molar-refractivity contribution in [1.82, 2.24) is 15.2 Å². The third-order valence-corrected chi connectivity index (χ3v) is 6.66. The molecule has 2 aromatic carbocycles. The second-order valence-corrected chi connectivity index (χ2v) is 9.68. The van der Waals surface area contributed by atoms with Gasteiger partial charge in [-0.1, -0.05) is 60.1 Å². The van der Waals surface area contributed by atoms with Crippen molar-refractivity contribution in [3.05, 3.63) is 77.1 Å².